The van der Waals surface area contributed by atoms with Crippen molar-refractivity contribution < 1.29 is 14.6 Å². The Hall–Kier alpha value is -1.45. The zero-order chi connectivity index (χ0) is 9.84. The standard InChI is InChI=1S/C9H9BO3/c1-2-13-8-5-6(9(11)12)3-4-7(8)10/h3-5H,2H2,1H3,(H,11,12). The van der Waals surface area contributed by atoms with Gasteiger partial charge in [0.2, 0.25) is 0 Å². The minimum Gasteiger partial charge on any atom is -0.494 e. The van der Waals surface area contributed by atoms with Crippen LogP contribution in [0.4, 0.5) is 0 Å². The summed E-state index contributed by atoms with van der Waals surface area (Å²) in [6.07, 6.45) is 0. The number of benzene rings is 1. The second-order valence-electron chi connectivity index (χ2n) is 2.49. The Bertz CT molecular complexity index is 323. The Morgan fingerprint density at radius 2 is 2.31 bits per heavy atom. The predicted octanol–water partition coefficient (Wildman–Crippen LogP) is 0.577. The number of hydrogen-bond donors (Lipinski definition) is 1. The quantitative estimate of drug-likeness (QED) is 0.685. The molecule has 0 amide bonds. The molecule has 0 atom stereocenters. The van der Waals surface area contributed by atoms with Crippen LogP contribution in [0.1, 0.15) is 17.3 Å². The van der Waals surface area contributed by atoms with Gasteiger partial charge in [-0.1, -0.05) is 11.5 Å². The van der Waals surface area contributed by atoms with Gasteiger partial charge in [-0.15, -0.1) is 0 Å². The molecule has 2 radical (unpaired) electrons. The van der Waals surface area contributed by atoms with Gasteiger partial charge in [0.25, 0.3) is 0 Å². The third-order valence-electron chi connectivity index (χ3n) is 1.56. The van der Waals surface area contributed by atoms with E-state index in [2.05, 4.69) is 0 Å². The van der Waals surface area contributed by atoms with E-state index in [-0.39, 0.29) is 5.56 Å². The maximum atomic E-state index is 10.6. The Labute approximate surface area is 77.7 Å². The first kappa shape index (κ1) is 9.64. The molecule has 1 rings (SSSR count). The number of rotatable bonds is 3. The van der Waals surface area contributed by atoms with E-state index in [0.717, 1.165) is 0 Å². The summed E-state index contributed by atoms with van der Waals surface area (Å²) < 4.78 is 5.14. The predicted molar refractivity (Wildman–Crippen MR) is 50.0 cm³/mol. The van der Waals surface area contributed by atoms with Crippen LogP contribution in [-0.2, 0) is 0 Å². The van der Waals surface area contributed by atoms with Crippen LogP contribution in [0.5, 0.6) is 5.75 Å². The summed E-state index contributed by atoms with van der Waals surface area (Å²) in [6.45, 7) is 2.28. The first-order valence-electron chi connectivity index (χ1n) is 3.90. The minimum atomic E-state index is -0.985. The summed E-state index contributed by atoms with van der Waals surface area (Å²) in [6, 6.07) is 4.38. The summed E-state index contributed by atoms with van der Waals surface area (Å²) in [5.41, 5.74) is 0.629. The number of carboxylic acid groups (broad SMARTS) is 1. The lowest BCUT2D eigenvalue weighted by Gasteiger charge is -2.07. The van der Waals surface area contributed by atoms with Crippen molar-refractivity contribution in [2.24, 2.45) is 0 Å². The third-order valence-corrected chi connectivity index (χ3v) is 1.56. The van der Waals surface area contributed by atoms with Crippen LogP contribution < -0.4 is 10.2 Å². The van der Waals surface area contributed by atoms with Crippen LogP contribution in [0, 0.1) is 0 Å². The molecule has 0 aliphatic carbocycles. The molecular weight excluding hydrogens is 167 g/mol. The lowest BCUT2D eigenvalue weighted by Crippen LogP contribution is -2.10. The van der Waals surface area contributed by atoms with E-state index in [9.17, 15) is 4.79 Å². The normalized spacial score (nSPS) is 9.62. The molecule has 1 N–H and O–H groups in total. The average Bonchev–Trinajstić information content (AvgIpc) is 2.08. The average molecular weight is 176 g/mol. The third kappa shape index (κ3) is 2.24. The van der Waals surface area contributed by atoms with Gasteiger partial charge >= 0.3 is 5.97 Å². The highest BCUT2D eigenvalue weighted by molar-refractivity contribution is 6.34. The van der Waals surface area contributed by atoms with Crippen molar-refractivity contribution in [1.82, 2.24) is 0 Å². The Kier molecular flexibility index (Phi) is 2.95. The highest BCUT2D eigenvalue weighted by atomic mass is 16.5. The molecule has 0 aromatic heterocycles. The lowest BCUT2D eigenvalue weighted by atomic mass is 9.94. The minimum absolute atomic E-state index is 0.178. The first-order valence-corrected chi connectivity index (χ1v) is 3.90. The summed E-state index contributed by atoms with van der Waals surface area (Å²) in [5.74, 6) is -0.566. The number of carboxylic acids is 1. The smallest absolute Gasteiger partial charge is 0.335 e. The van der Waals surface area contributed by atoms with Crippen molar-refractivity contribution in [2.75, 3.05) is 6.61 Å². The summed E-state index contributed by atoms with van der Waals surface area (Å²) in [4.78, 5) is 10.6. The van der Waals surface area contributed by atoms with Gasteiger partial charge in [-0.3, -0.25) is 0 Å². The maximum absolute atomic E-state index is 10.6. The van der Waals surface area contributed by atoms with Crippen molar-refractivity contribution in [3.8, 4) is 5.75 Å². The molecule has 0 heterocycles. The molecule has 4 heteroatoms. The topological polar surface area (TPSA) is 46.5 Å². The van der Waals surface area contributed by atoms with Gasteiger partial charge in [0.1, 0.15) is 13.6 Å². The van der Waals surface area contributed by atoms with Crippen molar-refractivity contribution in [2.45, 2.75) is 6.92 Å². The number of carbonyl (C=O) groups is 1. The molecule has 0 aliphatic rings. The van der Waals surface area contributed by atoms with Crippen molar-refractivity contribution in [3.05, 3.63) is 23.8 Å². The number of hydrogen-bond acceptors (Lipinski definition) is 2. The van der Waals surface area contributed by atoms with Crippen molar-refractivity contribution >= 4 is 19.3 Å². The number of aromatic carboxylic acids is 1. The molecule has 0 fully saturated rings. The first-order chi connectivity index (χ1) is 6.15. The van der Waals surface area contributed by atoms with Crippen LogP contribution in [0.15, 0.2) is 18.2 Å². The highest BCUT2D eigenvalue weighted by Crippen LogP contribution is 2.09. The number of ether oxygens (including phenoxy) is 1. The largest absolute Gasteiger partial charge is 0.494 e. The molecule has 0 saturated heterocycles. The molecule has 0 bridgehead atoms. The summed E-state index contributed by atoms with van der Waals surface area (Å²) >= 11 is 0. The molecular formula is C9H9BO3. The van der Waals surface area contributed by atoms with Crippen LogP contribution in [0.25, 0.3) is 0 Å². The molecule has 0 aliphatic heterocycles. The van der Waals surface area contributed by atoms with Gasteiger partial charge < -0.3 is 9.84 Å². The van der Waals surface area contributed by atoms with Gasteiger partial charge in [0.05, 0.1) is 12.2 Å². The SMILES string of the molecule is [B]c1ccc(C(=O)O)cc1OCC. The van der Waals surface area contributed by atoms with E-state index in [1.165, 1.54) is 18.2 Å². The fourth-order valence-corrected chi connectivity index (χ4v) is 0.948. The Balaban J connectivity index is 3.03. The van der Waals surface area contributed by atoms with Gasteiger partial charge in [-0.05, 0) is 19.1 Å². The second kappa shape index (κ2) is 3.98. The monoisotopic (exact) mass is 176 g/mol. The molecule has 66 valence electrons. The van der Waals surface area contributed by atoms with Gasteiger partial charge in [-0.25, -0.2) is 4.79 Å². The van der Waals surface area contributed by atoms with E-state index in [1.54, 1.807) is 0 Å². The van der Waals surface area contributed by atoms with E-state index in [1.807, 2.05) is 6.92 Å². The molecule has 0 spiro atoms. The van der Waals surface area contributed by atoms with Gasteiger partial charge in [0.15, 0.2) is 0 Å². The van der Waals surface area contributed by atoms with Crippen molar-refractivity contribution in [1.29, 1.82) is 0 Å². The molecule has 13 heavy (non-hydrogen) atoms. The summed E-state index contributed by atoms with van der Waals surface area (Å²) in [5, 5.41) is 8.67. The van der Waals surface area contributed by atoms with E-state index in [0.29, 0.717) is 17.8 Å². The fourth-order valence-electron chi connectivity index (χ4n) is 0.948. The fraction of sp³-hybridized carbons (Fsp3) is 0.222. The summed E-state index contributed by atoms with van der Waals surface area (Å²) in [7, 11) is 5.56. The zero-order valence-corrected chi connectivity index (χ0v) is 7.28. The highest BCUT2D eigenvalue weighted by Gasteiger charge is 2.05. The van der Waals surface area contributed by atoms with E-state index < -0.39 is 5.97 Å². The Morgan fingerprint density at radius 3 is 2.85 bits per heavy atom. The van der Waals surface area contributed by atoms with Crippen LogP contribution >= 0.6 is 0 Å². The lowest BCUT2D eigenvalue weighted by molar-refractivity contribution is 0.0696. The zero-order valence-electron chi connectivity index (χ0n) is 7.28. The molecule has 1 aromatic rings. The van der Waals surface area contributed by atoms with E-state index >= 15 is 0 Å². The van der Waals surface area contributed by atoms with Crippen LogP contribution in [0.3, 0.4) is 0 Å². The second-order valence-corrected chi connectivity index (χ2v) is 2.49. The van der Waals surface area contributed by atoms with Crippen LogP contribution in [0.2, 0.25) is 0 Å². The van der Waals surface area contributed by atoms with Gasteiger partial charge in [0, 0.05) is 0 Å². The molecule has 3 nitrogen and oxygen atoms in total. The van der Waals surface area contributed by atoms with Crippen LogP contribution in [-0.4, -0.2) is 25.5 Å². The van der Waals surface area contributed by atoms with E-state index in [4.69, 9.17) is 17.7 Å². The Morgan fingerprint density at radius 1 is 1.62 bits per heavy atom. The van der Waals surface area contributed by atoms with Gasteiger partial charge in [-0.2, -0.15) is 0 Å². The molecule has 0 saturated carbocycles. The maximum Gasteiger partial charge on any atom is 0.335 e. The molecule has 1 aromatic carbocycles. The van der Waals surface area contributed by atoms with Crippen molar-refractivity contribution in [3.63, 3.8) is 0 Å². The molecule has 0 unspecified atom stereocenters.